The zero-order valence-corrected chi connectivity index (χ0v) is 14.3. The van der Waals surface area contributed by atoms with Gasteiger partial charge in [0.05, 0.1) is 7.11 Å². The van der Waals surface area contributed by atoms with Gasteiger partial charge in [0.1, 0.15) is 5.75 Å². The molecule has 0 bridgehead atoms. The number of amides is 1. The van der Waals surface area contributed by atoms with E-state index in [4.69, 9.17) is 4.74 Å². The summed E-state index contributed by atoms with van der Waals surface area (Å²) >= 11 is 0. The van der Waals surface area contributed by atoms with E-state index < -0.39 is 0 Å². The standard InChI is InChI=1S/C14H19NO2.Y/c1-9-5-6-15(14(9)16)13-10(2)7-12(17-4)8-11(13)3;/h7-9H,5-6H2,1-4H3;. The molecule has 1 heterocycles. The van der Waals surface area contributed by atoms with Crippen LogP contribution in [0.25, 0.3) is 0 Å². The molecular formula is C14H19NO2Y. The van der Waals surface area contributed by atoms with E-state index in [1.165, 1.54) is 0 Å². The topological polar surface area (TPSA) is 29.5 Å². The van der Waals surface area contributed by atoms with Gasteiger partial charge in [-0.15, -0.1) is 0 Å². The maximum Gasteiger partial charge on any atom is 0.229 e. The van der Waals surface area contributed by atoms with Crippen LogP contribution in [0.15, 0.2) is 12.1 Å². The molecule has 2 rings (SSSR count). The van der Waals surface area contributed by atoms with E-state index in [0.29, 0.717) is 0 Å². The minimum atomic E-state index is 0. The number of benzene rings is 1. The van der Waals surface area contributed by atoms with Crippen molar-refractivity contribution in [1.29, 1.82) is 0 Å². The number of anilines is 1. The van der Waals surface area contributed by atoms with E-state index in [9.17, 15) is 4.79 Å². The average Bonchev–Trinajstić information content (AvgIpc) is 2.60. The fraction of sp³-hybridized carbons (Fsp3) is 0.500. The monoisotopic (exact) mass is 322 g/mol. The Morgan fingerprint density at radius 3 is 2.22 bits per heavy atom. The van der Waals surface area contributed by atoms with Gasteiger partial charge in [0.15, 0.2) is 0 Å². The van der Waals surface area contributed by atoms with Crippen LogP contribution in [0.4, 0.5) is 5.69 Å². The molecule has 1 saturated heterocycles. The summed E-state index contributed by atoms with van der Waals surface area (Å²) in [5, 5.41) is 0. The van der Waals surface area contributed by atoms with E-state index in [2.05, 4.69) is 0 Å². The maximum atomic E-state index is 12.1. The Kier molecular flexibility index (Phi) is 5.36. The first-order valence-electron chi connectivity index (χ1n) is 6.01. The molecule has 1 radical (unpaired) electrons. The van der Waals surface area contributed by atoms with Crippen LogP contribution in [0, 0.1) is 19.8 Å². The Bertz CT molecular complexity index is 436. The molecule has 4 heteroatoms. The van der Waals surface area contributed by atoms with Gasteiger partial charge in [-0.2, -0.15) is 0 Å². The fourth-order valence-corrected chi connectivity index (χ4v) is 2.50. The second-order valence-electron chi connectivity index (χ2n) is 4.79. The number of methoxy groups -OCH3 is 1. The van der Waals surface area contributed by atoms with Crippen LogP contribution in [0.5, 0.6) is 5.75 Å². The zero-order valence-electron chi connectivity index (χ0n) is 11.5. The first-order valence-corrected chi connectivity index (χ1v) is 6.01. The number of hydrogen-bond acceptors (Lipinski definition) is 2. The van der Waals surface area contributed by atoms with Gasteiger partial charge in [-0.05, 0) is 43.5 Å². The van der Waals surface area contributed by atoms with E-state index >= 15 is 0 Å². The van der Waals surface area contributed by atoms with Crippen LogP contribution in [0.1, 0.15) is 24.5 Å². The summed E-state index contributed by atoms with van der Waals surface area (Å²) in [5.74, 6) is 1.24. The molecule has 1 aromatic rings. The molecule has 1 atom stereocenters. The third kappa shape index (κ3) is 2.78. The van der Waals surface area contributed by atoms with Crippen molar-refractivity contribution >= 4 is 11.6 Å². The molecule has 1 amide bonds. The Morgan fingerprint density at radius 1 is 1.28 bits per heavy atom. The molecule has 1 aliphatic rings. The van der Waals surface area contributed by atoms with Gasteiger partial charge in [-0.1, -0.05) is 6.92 Å². The van der Waals surface area contributed by atoms with Gasteiger partial charge >= 0.3 is 0 Å². The Balaban J connectivity index is 0.00000162. The van der Waals surface area contributed by atoms with Crippen molar-refractivity contribution in [3.05, 3.63) is 23.3 Å². The molecule has 0 saturated carbocycles. The zero-order chi connectivity index (χ0) is 12.6. The van der Waals surface area contributed by atoms with Crippen LogP contribution in [0.3, 0.4) is 0 Å². The smallest absolute Gasteiger partial charge is 0.229 e. The van der Waals surface area contributed by atoms with Crippen LogP contribution in [0.2, 0.25) is 0 Å². The number of carbonyl (C=O) groups excluding carboxylic acids is 1. The van der Waals surface area contributed by atoms with Crippen LogP contribution >= 0.6 is 0 Å². The summed E-state index contributed by atoms with van der Waals surface area (Å²) < 4.78 is 5.24. The van der Waals surface area contributed by atoms with Gasteiger partial charge in [0, 0.05) is 50.9 Å². The van der Waals surface area contributed by atoms with Gasteiger partial charge in [0.25, 0.3) is 0 Å². The molecule has 95 valence electrons. The first kappa shape index (κ1) is 15.7. The predicted molar refractivity (Wildman–Crippen MR) is 68.6 cm³/mol. The third-order valence-electron chi connectivity index (χ3n) is 3.44. The van der Waals surface area contributed by atoms with E-state index in [1.807, 2.05) is 37.8 Å². The van der Waals surface area contributed by atoms with Crippen LogP contribution < -0.4 is 9.64 Å². The minimum Gasteiger partial charge on any atom is -0.497 e. The normalized spacial score (nSPS) is 18.8. The molecule has 0 N–H and O–H groups in total. The van der Waals surface area contributed by atoms with Gasteiger partial charge in [0.2, 0.25) is 5.91 Å². The van der Waals surface area contributed by atoms with Crippen LogP contribution in [-0.4, -0.2) is 19.6 Å². The third-order valence-corrected chi connectivity index (χ3v) is 3.44. The van der Waals surface area contributed by atoms with Crippen molar-refractivity contribution in [3.63, 3.8) is 0 Å². The quantitative estimate of drug-likeness (QED) is 0.838. The van der Waals surface area contributed by atoms with Crippen LogP contribution in [-0.2, 0) is 37.5 Å². The SMILES string of the molecule is COc1cc(C)c(N2CCC(C)C2=O)c(C)c1.[Y]. The van der Waals surface area contributed by atoms with Crippen molar-refractivity contribution in [1.82, 2.24) is 0 Å². The molecule has 0 aromatic heterocycles. The molecule has 0 aliphatic carbocycles. The Labute approximate surface area is 134 Å². The molecule has 1 fully saturated rings. The predicted octanol–water partition coefficient (Wildman–Crippen LogP) is 2.68. The molecule has 1 unspecified atom stereocenters. The van der Waals surface area contributed by atoms with Gasteiger partial charge in [-0.25, -0.2) is 0 Å². The minimum absolute atomic E-state index is 0. The number of hydrogen-bond donors (Lipinski definition) is 0. The second-order valence-corrected chi connectivity index (χ2v) is 4.79. The Hall–Kier alpha value is -0.406. The maximum absolute atomic E-state index is 12.1. The summed E-state index contributed by atoms with van der Waals surface area (Å²) in [6.45, 7) is 6.88. The van der Waals surface area contributed by atoms with Gasteiger partial charge < -0.3 is 9.64 Å². The molecule has 1 aromatic carbocycles. The molecular weight excluding hydrogens is 303 g/mol. The number of nitrogens with zero attached hydrogens (tertiary/aromatic N) is 1. The van der Waals surface area contributed by atoms with E-state index in [0.717, 1.165) is 35.5 Å². The second kappa shape index (κ2) is 6.16. The van der Waals surface area contributed by atoms with Crippen molar-refractivity contribution < 1.29 is 42.2 Å². The van der Waals surface area contributed by atoms with Crippen molar-refractivity contribution in [2.24, 2.45) is 5.92 Å². The summed E-state index contributed by atoms with van der Waals surface area (Å²) in [6.07, 6.45) is 0.948. The number of aryl methyl sites for hydroxylation is 2. The average molecular weight is 322 g/mol. The first-order chi connectivity index (χ1) is 8.04. The summed E-state index contributed by atoms with van der Waals surface area (Å²) in [4.78, 5) is 14.0. The molecule has 3 nitrogen and oxygen atoms in total. The molecule has 0 spiro atoms. The van der Waals surface area contributed by atoms with Crippen molar-refractivity contribution in [3.8, 4) is 5.75 Å². The summed E-state index contributed by atoms with van der Waals surface area (Å²) in [6, 6.07) is 3.97. The van der Waals surface area contributed by atoms with Crippen molar-refractivity contribution in [2.45, 2.75) is 27.2 Å². The molecule has 18 heavy (non-hydrogen) atoms. The molecule has 1 aliphatic heterocycles. The summed E-state index contributed by atoms with van der Waals surface area (Å²) in [5.41, 5.74) is 3.26. The van der Waals surface area contributed by atoms with Crippen molar-refractivity contribution in [2.75, 3.05) is 18.6 Å². The number of rotatable bonds is 2. The Morgan fingerprint density at radius 2 is 1.83 bits per heavy atom. The van der Waals surface area contributed by atoms with E-state index in [1.54, 1.807) is 7.11 Å². The van der Waals surface area contributed by atoms with E-state index in [-0.39, 0.29) is 44.5 Å². The largest absolute Gasteiger partial charge is 0.497 e. The number of carbonyl (C=O) groups is 1. The summed E-state index contributed by atoms with van der Waals surface area (Å²) in [7, 11) is 1.66. The fourth-order valence-electron chi connectivity index (χ4n) is 2.50. The number of ether oxygens (including phenoxy) is 1. The van der Waals surface area contributed by atoms with Gasteiger partial charge in [-0.3, -0.25) is 4.79 Å².